The molecule has 1 saturated heterocycles. The summed E-state index contributed by atoms with van der Waals surface area (Å²) in [5.41, 5.74) is 2.07. The first kappa shape index (κ1) is 13.0. The molecule has 98 valence electrons. The summed E-state index contributed by atoms with van der Waals surface area (Å²) in [6, 6.07) is 6.87. The number of rotatable bonds is 3. The van der Waals surface area contributed by atoms with Crippen molar-refractivity contribution in [3.8, 4) is 0 Å². The minimum Gasteiger partial charge on any atom is -0.351 e. The van der Waals surface area contributed by atoms with Gasteiger partial charge < -0.3 is 5.32 Å². The molecule has 1 fully saturated rings. The molecule has 1 unspecified atom stereocenters. The summed E-state index contributed by atoms with van der Waals surface area (Å²) in [5, 5.41) is 5.22. The van der Waals surface area contributed by atoms with Crippen LogP contribution in [0.15, 0.2) is 24.3 Å². The van der Waals surface area contributed by atoms with Gasteiger partial charge in [0.05, 0.1) is 12.6 Å². The topological polar surface area (TPSA) is 41.1 Å². The molecule has 1 aromatic rings. The molecule has 2 rings (SSSR count). The predicted octanol–water partition coefficient (Wildman–Crippen LogP) is 1.61. The number of carbonyl (C=O) groups is 1. The van der Waals surface area contributed by atoms with Gasteiger partial charge in [-0.25, -0.2) is 8.78 Å². The number of hydrogen-bond donors (Lipinski definition) is 2. The van der Waals surface area contributed by atoms with Gasteiger partial charge in [0.15, 0.2) is 0 Å². The van der Waals surface area contributed by atoms with E-state index < -0.39 is 24.9 Å². The summed E-state index contributed by atoms with van der Waals surface area (Å²) in [4.78, 5) is 11.7. The first-order valence-electron chi connectivity index (χ1n) is 5.91. The highest BCUT2D eigenvalue weighted by atomic mass is 19.3. The van der Waals surface area contributed by atoms with E-state index in [4.69, 9.17) is 0 Å². The van der Waals surface area contributed by atoms with Crippen molar-refractivity contribution in [2.75, 3.05) is 6.54 Å². The van der Waals surface area contributed by atoms with Gasteiger partial charge in [0, 0.05) is 13.0 Å². The molecule has 0 aliphatic carbocycles. The molecular weight excluding hydrogens is 238 g/mol. The third kappa shape index (κ3) is 3.04. The average Bonchev–Trinajstić information content (AvgIpc) is 2.68. The Labute approximate surface area is 105 Å². The van der Waals surface area contributed by atoms with E-state index in [-0.39, 0.29) is 5.91 Å². The number of aryl methyl sites for hydroxylation is 1. The zero-order valence-electron chi connectivity index (χ0n) is 10.2. The Morgan fingerprint density at radius 1 is 1.50 bits per heavy atom. The second-order valence-electron chi connectivity index (χ2n) is 4.64. The van der Waals surface area contributed by atoms with Crippen molar-refractivity contribution < 1.29 is 13.6 Å². The Morgan fingerprint density at radius 3 is 2.83 bits per heavy atom. The summed E-state index contributed by atoms with van der Waals surface area (Å²) in [6.07, 6.45) is -0.424. The van der Waals surface area contributed by atoms with Gasteiger partial charge in [-0.3, -0.25) is 10.1 Å². The zero-order valence-corrected chi connectivity index (χ0v) is 10.2. The Morgan fingerprint density at radius 2 is 2.22 bits per heavy atom. The van der Waals surface area contributed by atoms with Crippen molar-refractivity contribution in [3.63, 3.8) is 0 Å². The average molecular weight is 254 g/mol. The lowest BCUT2D eigenvalue weighted by Crippen LogP contribution is -2.40. The van der Waals surface area contributed by atoms with E-state index in [0.29, 0.717) is 6.54 Å². The van der Waals surface area contributed by atoms with Gasteiger partial charge in [-0.1, -0.05) is 24.3 Å². The van der Waals surface area contributed by atoms with Crippen LogP contribution in [-0.2, 0) is 11.3 Å². The zero-order chi connectivity index (χ0) is 13.2. The highest BCUT2D eigenvalue weighted by molar-refractivity contribution is 5.82. The van der Waals surface area contributed by atoms with Crippen molar-refractivity contribution in [2.45, 2.75) is 31.9 Å². The molecule has 18 heavy (non-hydrogen) atoms. The number of carbonyl (C=O) groups excluding carboxylic acids is 1. The molecule has 1 atom stereocenters. The molecular formula is C13H16F2N2O. The van der Waals surface area contributed by atoms with Gasteiger partial charge in [-0.15, -0.1) is 0 Å². The van der Waals surface area contributed by atoms with E-state index in [0.717, 1.165) is 11.1 Å². The predicted molar refractivity (Wildman–Crippen MR) is 64.4 cm³/mol. The highest BCUT2D eigenvalue weighted by Gasteiger charge is 2.42. The van der Waals surface area contributed by atoms with Crippen molar-refractivity contribution in [2.24, 2.45) is 0 Å². The number of nitrogens with one attached hydrogen (secondary N) is 2. The normalized spacial score (nSPS) is 21.8. The van der Waals surface area contributed by atoms with Crippen molar-refractivity contribution in [3.05, 3.63) is 35.4 Å². The van der Waals surface area contributed by atoms with E-state index >= 15 is 0 Å². The molecule has 1 heterocycles. The monoisotopic (exact) mass is 254 g/mol. The Bertz CT molecular complexity index is 448. The fourth-order valence-corrected chi connectivity index (χ4v) is 2.01. The van der Waals surface area contributed by atoms with Crippen LogP contribution in [0.4, 0.5) is 8.78 Å². The maximum atomic E-state index is 12.9. The summed E-state index contributed by atoms with van der Waals surface area (Å²) >= 11 is 0. The maximum absolute atomic E-state index is 12.9. The summed E-state index contributed by atoms with van der Waals surface area (Å²) in [6.45, 7) is 1.90. The highest BCUT2D eigenvalue weighted by Crippen LogP contribution is 2.25. The fourth-order valence-electron chi connectivity index (χ4n) is 2.01. The van der Waals surface area contributed by atoms with E-state index in [1.165, 1.54) is 0 Å². The summed E-state index contributed by atoms with van der Waals surface area (Å²) < 4.78 is 25.9. The van der Waals surface area contributed by atoms with Gasteiger partial charge in [0.1, 0.15) is 0 Å². The van der Waals surface area contributed by atoms with Gasteiger partial charge in [-0.2, -0.15) is 0 Å². The van der Waals surface area contributed by atoms with E-state index in [1.54, 1.807) is 0 Å². The van der Waals surface area contributed by atoms with Gasteiger partial charge in [0.2, 0.25) is 5.91 Å². The number of halogens is 2. The number of benzene rings is 1. The molecule has 1 aliphatic heterocycles. The van der Waals surface area contributed by atoms with E-state index in [9.17, 15) is 13.6 Å². The van der Waals surface area contributed by atoms with Crippen LogP contribution in [0.3, 0.4) is 0 Å². The van der Waals surface area contributed by atoms with Crippen LogP contribution in [0, 0.1) is 6.92 Å². The molecule has 1 aromatic carbocycles. The Balaban J connectivity index is 1.88. The minimum absolute atomic E-state index is 0.365. The molecule has 0 radical (unpaired) electrons. The number of alkyl halides is 2. The second-order valence-corrected chi connectivity index (χ2v) is 4.64. The van der Waals surface area contributed by atoms with Gasteiger partial charge >= 0.3 is 0 Å². The molecule has 1 aliphatic rings. The quantitative estimate of drug-likeness (QED) is 0.860. The van der Waals surface area contributed by atoms with Crippen molar-refractivity contribution >= 4 is 5.91 Å². The molecule has 0 aromatic heterocycles. The van der Waals surface area contributed by atoms with E-state index in [2.05, 4.69) is 10.6 Å². The lowest BCUT2D eigenvalue weighted by atomic mass is 10.1. The molecule has 2 N–H and O–H groups in total. The molecule has 3 nitrogen and oxygen atoms in total. The molecule has 5 heteroatoms. The van der Waals surface area contributed by atoms with Crippen molar-refractivity contribution in [1.82, 2.24) is 10.6 Å². The number of hydrogen-bond acceptors (Lipinski definition) is 2. The lowest BCUT2D eigenvalue weighted by molar-refractivity contribution is -0.123. The third-order valence-corrected chi connectivity index (χ3v) is 3.14. The van der Waals surface area contributed by atoms with Crippen LogP contribution in [0.25, 0.3) is 0 Å². The molecule has 0 spiro atoms. The van der Waals surface area contributed by atoms with Crippen LogP contribution in [0.2, 0.25) is 0 Å². The molecule has 0 bridgehead atoms. The Hall–Kier alpha value is -1.49. The van der Waals surface area contributed by atoms with Crippen molar-refractivity contribution in [1.29, 1.82) is 0 Å². The lowest BCUT2D eigenvalue weighted by Gasteiger charge is -2.12. The first-order valence-corrected chi connectivity index (χ1v) is 5.91. The van der Waals surface area contributed by atoms with Gasteiger partial charge in [0.25, 0.3) is 5.92 Å². The third-order valence-electron chi connectivity index (χ3n) is 3.14. The maximum Gasteiger partial charge on any atom is 0.262 e. The van der Waals surface area contributed by atoms with Crippen LogP contribution < -0.4 is 10.6 Å². The number of amides is 1. The largest absolute Gasteiger partial charge is 0.351 e. The summed E-state index contributed by atoms with van der Waals surface area (Å²) in [7, 11) is 0. The van der Waals surface area contributed by atoms with Gasteiger partial charge in [-0.05, 0) is 18.1 Å². The fraction of sp³-hybridized carbons (Fsp3) is 0.462. The van der Waals surface area contributed by atoms with Crippen LogP contribution in [-0.4, -0.2) is 24.4 Å². The van der Waals surface area contributed by atoms with E-state index in [1.807, 2.05) is 31.2 Å². The van der Waals surface area contributed by atoms with Crippen LogP contribution in [0.5, 0.6) is 0 Å². The standard InChI is InChI=1S/C13H16F2N2O/c1-9-4-2-3-5-10(9)7-16-12(18)11-6-13(14,15)8-17-11/h2-5,11,17H,6-8H2,1H3,(H,16,18). The second kappa shape index (κ2) is 5.02. The SMILES string of the molecule is Cc1ccccc1CNC(=O)C1CC(F)(F)CN1. The summed E-state index contributed by atoms with van der Waals surface area (Å²) in [5.74, 6) is -3.14. The Kier molecular flexibility index (Phi) is 3.61. The first-order chi connectivity index (χ1) is 8.48. The molecule has 0 saturated carbocycles. The smallest absolute Gasteiger partial charge is 0.262 e. The molecule has 1 amide bonds. The minimum atomic E-state index is -2.77. The van der Waals surface area contributed by atoms with Crippen LogP contribution in [0.1, 0.15) is 17.5 Å². The van der Waals surface area contributed by atoms with Crippen LogP contribution >= 0.6 is 0 Å².